The maximum Gasteiger partial charge on any atom is 0.152 e. The standard InChI is InChI=1S/C16H28N2O2S/c1-5-9-17(10-6-2)13-15-21(19,20)16-14-18(11-7-3)12-8-4/h5-8H,1-4,9-16H2. The van der Waals surface area contributed by atoms with Gasteiger partial charge in [-0.05, 0) is 0 Å². The molecule has 0 aromatic rings. The van der Waals surface area contributed by atoms with Crippen LogP contribution in [0.1, 0.15) is 0 Å². The number of nitrogens with zero attached hydrogens (tertiary/aromatic N) is 2. The van der Waals surface area contributed by atoms with E-state index in [4.69, 9.17) is 0 Å². The molecule has 0 aliphatic carbocycles. The lowest BCUT2D eigenvalue weighted by Gasteiger charge is -2.20. The Morgan fingerprint density at radius 2 is 0.952 bits per heavy atom. The first-order chi connectivity index (χ1) is 9.99. The zero-order chi connectivity index (χ0) is 16.1. The topological polar surface area (TPSA) is 40.6 Å². The van der Waals surface area contributed by atoms with Crippen molar-refractivity contribution in [2.24, 2.45) is 0 Å². The van der Waals surface area contributed by atoms with Gasteiger partial charge in [0.1, 0.15) is 0 Å². The summed E-state index contributed by atoms with van der Waals surface area (Å²) in [6, 6.07) is 0. The lowest BCUT2D eigenvalue weighted by molar-refractivity contribution is 0.349. The van der Waals surface area contributed by atoms with Crippen molar-refractivity contribution in [3.63, 3.8) is 0 Å². The Morgan fingerprint density at radius 3 is 1.19 bits per heavy atom. The molecular formula is C16H28N2O2S. The molecular weight excluding hydrogens is 284 g/mol. The van der Waals surface area contributed by atoms with Crippen LogP contribution in [0.25, 0.3) is 0 Å². The van der Waals surface area contributed by atoms with E-state index in [1.165, 1.54) is 0 Å². The van der Waals surface area contributed by atoms with Gasteiger partial charge in [0.25, 0.3) is 0 Å². The molecule has 5 heteroatoms. The van der Waals surface area contributed by atoms with Crippen LogP contribution in [-0.2, 0) is 9.84 Å². The highest BCUT2D eigenvalue weighted by molar-refractivity contribution is 7.91. The molecule has 0 saturated carbocycles. The summed E-state index contributed by atoms with van der Waals surface area (Å²) in [7, 11) is -3.07. The SMILES string of the molecule is C=CCN(CC=C)CCS(=O)(=O)CCN(CC=C)CC=C. The third kappa shape index (κ3) is 10.2. The van der Waals surface area contributed by atoms with Gasteiger partial charge in [0.05, 0.1) is 11.5 Å². The molecule has 0 fully saturated rings. The second kappa shape index (κ2) is 11.5. The van der Waals surface area contributed by atoms with E-state index in [2.05, 4.69) is 26.3 Å². The summed E-state index contributed by atoms with van der Waals surface area (Å²) >= 11 is 0. The number of sulfone groups is 1. The zero-order valence-corrected chi connectivity index (χ0v) is 13.7. The summed E-state index contributed by atoms with van der Waals surface area (Å²) in [5, 5.41) is 0. The van der Waals surface area contributed by atoms with Crippen molar-refractivity contribution in [3.05, 3.63) is 50.6 Å². The van der Waals surface area contributed by atoms with Gasteiger partial charge in [0, 0.05) is 39.3 Å². The minimum absolute atomic E-state index is 0.157. The first-order valence-corrected chi connectivity index (χ1v) is 8.90. The van der Waals surface area contributed by atoms with Gasteiger partial charge in [-0.1, -0.05) is 24.3 Å². The van der Waals surface area contributed by atoms with Crippen LogP contribution in [0.2, 0.25) is 0 Å². The molecule has 0 aliphatic heterocycles. The van der Waals surface area contributed by atoms with E-state index in [0.29, 0.717) is 39.3 Å². The highest BCUT2D eigenvalue weighted by atomic mass is 32.2. The van der Waals surface area contributed by atoms with Crippen LogP contribution in [0, 0.1) is 0 Å². The maximum atomic E-state index is 12.1. The predicted octanol–water partition coefficient (Wildman–Crippen LogP) is 1.75. The summed E-state index contributed by atoms with van der Waals surface area (Å²) in [5.41, 5.74) is 0. The molecule has 0 amide bonds. The van der Waals surface area contributed by atoms with Crippen molar-refractivity contribution in [1.82, 2.24) is 9.80 Å². The molecule has 0 bridgehead atoms. The minimum Gasteiger partial charge on any atom is -0.295 e. The number of hydrogen-bond donors (Lipinski definition) is 0. The van der Waals surface area contributed by atoms with Gasteiger partial charge in [-0.3, -0.25) is 9.80 Å². The van der Waals surface area contributed by atoms with Crippen LogP contribution in [0.3, 0.4) is 0 Å². The lowest BCUT2D eigenvalue weighted by atomic mass is 10.4. The Bertz CT molecular complexity index is 376. The van der Waals surface area contributed by atoms with Crippen molar-refractivity contribution in [1.29, 1.82) is 0 Å². The molecule has 0 radical (unpaired) electrons. The van der Waals surface area contributed by atoms with Crippen LogP contribution in [-0.4, -0.2) is 69.0 Å². The first kappa shape index (κ1) is 19.8. The number of rotatable bonds is 14. The fraction of sp³-hybridized carbons (Fsp3) is 0.500. The Morgan fingerprint density at radius 1 is 0.667 bits per heavy atom. The van der Waals surface area contributed by atoms with Crippen molar-refractivity contribution < 1.29 is 8.42 Å². The van der Waals surface area contributed by atoms with Gasteiger partial charge in [-0.2, -0.15) is 0 Å². The van der Waals surface area contributed by atoms with E-state index in [9.17, 15) is 8.42 Å². The highest BCUT2D eigenvalue weighted by Crippen LogP contribution is 1.98. The molecule has 0 N–H and O–H groups in total. The van der Waals surface area contributed by atoms with Crippen molar-refractivity contribution in [3.8, 4) is 0 Å². The molecule has 0 aromatic heterocycles. The molecule has 4 nitrogen and oxygen atoms in total. The monoisotopic (exact) mass is 312 g/mol. The van der Waals surface area contributed by atoms with Crippen LogP contribution in [0.4, 0.5) is 0 Å². The van der Waals surface area contributed by atoms with Gasteiger partial charge in [0.2, 0.25) is 0 Å². The fourth-order valence-corrected chi connectivity index (χ4v) is 3.16. The van der Waals surface area contributed by atoms with Crippen molar-refractivity contribution >= 4 is 9.84 Å². The van der Waals surface area contributed by atoms with Crippen molar-refractivity contribution in [2.75, 3.05) is 50.8 Å². The van der Waals surface area contributed by atoms with E-state index >= 15 is 0 Å². The van der Waals surface area contributed by atoms with Crippen LogP contribution in [0.15, 0.2) is 50.6 Å². The maximum absolute atomic E-state index is 12.1. The Labute approximate surface area is 130 Å². The quantitative estimate of drug-likeness (QED) is 0.458. The summed E-state index contributed by atoms with van der Waals surface area (Å²) in [4.78, 5) is 4.01. The fourth-order valence-electron chi connectivity index (χ4n) is 1.88. The molecule has 0 spiro atoms. The zero-order valence-electron chi connectivity index (χ0n) is 12.9. The second-order valence-electron chi connectivity index (χ2n) is 4.83. The van der Waals surface area contributed by atoms with Gasteiger partial charge >= 0.3 is 0 Å². The molecule has 0 saturated heterocycles. The molecule has 0 rings (SSSR count). The van der Waals surface area contributed by atoms with E-state index in [-0.39, 0.29) is 11.5 Å². The summed E-state index contributed by atoms with van der Waals surface area (Å²) in [5.74, 6) is 0.315. The molecule has 0 aromatic carbocycles. The number of hydrogen-bond acceptors (Lipinski definition) is 4. The van der Waals surface area contributed by atoms with Gasteiger partial charge in [0.15, 0.2) is 9.84 Å². The minimum atomic E-state index is -3.07. The Kier molecular flexibility index (Phi) is 10.8. The first-order valence-electron chi connectivity index (χ1n) is 7.07. The predicted molar refractivity (Wildman–Crippen MR) is 92.3 cm³/mol. The Hall–Kier alpha value is -1.17. The smallest absolute Gasteiger partial charge is 0.152 e. The van der Waals surface area contributed by atoms with E-state index in [1.54, 1.807) is 24.3 Å². The van der Waals surface area contributed by atoms with Crippen LogP contribution in [0.5, 0.6) is 0 Å². The average Bonchev–Trinajstić information content (AvgIpc) is 2.43. The highest BCUT2D eigenvalue weighted by Gasteiger charge is 2.14. The van der Waals surface area contributed by atoms with Gasteiger partial charge in [-0.15, -0.1) is 26.3 Å². The summed E-state index contributed by atoms with van der Waals surface area (Å²) < 4.78 is 24.2. The van der Waals surface area contributed by atoms with E-state index in [1.807, 2.05) is 9.80 Å². The molecule has 21 heavy (non-hydrogen) atoms. The summed E-state index contributed by atoms with van der Waals surface area (Å²) in [6.45, 7) is 18.4. The third-order valence-electron chi connectivity index (χ3n) is 2.99. The van der Waals surface area contributed by atoms with Gasteiger partial charge < -0.3 is 0 Å². The third-order valence-corrected chi connectivity index (χ3v) is 4.60. The Balaban J connectivity index is 4.33. The van der Waals surface area contributed by atoms with Gasteiger partial charge in [-0.25, -0.2) is 8.42 Å². The lowest BCUT2D eigenvalue weighted by Crippen LogP contribution is -2.34. The molecule has 120 valence electrons. The average molecular weight is 312 g/mol. The molecule has 0 aliphatic rings. The van der Waals surface area contributed by atoms with E-state index < -0.39 is 9.84 Å². The second-order valence-corrected chi connectivity index (χ2v) is 7.13. The molecule has 0 unspecified atom stereocenters. The van der Waals surface area contributed by atoms with Crippen LogP contribution >= 0.6 is 0 Å². The van der Waals surface area contributed by atoms with Crippen molar-refractivity contribution in [2.45, 2.75) is 0 Å². The normalized spacial score (nSPS) is 11.5. The van der Waals surface area contributed by atoms with Crippen LogP contribution < -0.4 is 0 Å². The largest absolute Gasteiger partial charge is 0.295 e. The summed E-state index contributed by atoms with van der Waals surface area (Å²) in [6.07, 6.45) is 7.08. The molecule has 0 heterocycles. The molecule has 0 atom stereocenters. The van der Waals surface area contributed by atoms with E-state index in [0.717, 1.165) is 0 Å².